The van der Waals surface area contributed by atoms with Crippen LogP contribution in [0.4, 0.5) is 20.3 Å². The Morgan fingerprint density at radius 2 is 1.81 bits per heavy atom. The molecule has 0 atom stereocenters. The highest BCUT2D eigenvalue weighted by molar-refractivity contribution is 5.92. The molecule has 1 amide bonds. The molecular weight excluding hydrogens is 480 g/mol. The van der Waals surface area contributed by atoms with Crippen LogP contribution >= 0.6 is 0 Å². The van der Waals surface area contributed by atoms with Gasteiger partial charge in [0.05, 0.1) is 36.5 Å². The number of carbonyl (C=O) groups excluding carboxylic acids is 1. The number of hydrogen-bond donors (Lipinski definition) is 2. The van der Waals surface area contributed by atoms with Gasteiger partial charge in [-0.2, -0.15) is 4.98 Å². The lowest BCUT2D eigenvalue weighted by Gasteiger charge is -2.28. The van der Waals surface area contributed by atoms with Crippen molar-refractivity contribution in [1.29, 1.82) is 0 Å². The van der Waals surface area contributed by atoms with Crippen LogP contribution in [0, 0.1) is 0 Å². The number of imidazole rings is 1. The number of nitrogens with one attached hydrogen (secondary N) is 2. The Morgan fingerprint density at radius 1 is 1.05 bits per heavy atom. The number of benzene rings is 2. The quantitative estimate of drug-likeness (QED) is 0.374. The van der Waals surface area contributed by atoms with Gasteiger partial charge in [-0.25, -0.2) is 18.7 Å². The predicted octanol–water partition coefficient (Wildman–Crippen LogP) is 3.80. The van der Waals surface area contributed by atoms with Gasteiger partial charge in [-0.05, 0) is 30.8 Å². The molecule has 4 aromatic rings. The fraction of sp³-hybridized carbons (Fsp3) is 0.308. The minimum atomic E-state index is -2.81. The van der Waals surface area contributed by atoms with Crippen molar-refractivity contribution in [2.24, 2.45) is 0 Å². The number of rotatable bonds is 8. The zero-order valence-corrected chi connectivity index (χ0v) is 20.3. The van der Waals surface area contributed by atoms with Crippen LogP contribution < -0.4 is 15.5 Å². The van der Waals surface area contributed by atoms with Crippen molar-refractivity contribution < 1.29 is 18.3 Å². The largest absolute Gasteiger partial charge is 0.378 e. The maximum absolute atomic E-state index is 14.1. The Morgan fingerprint density at radius 3 is 2.54 bits per heavy atom. The van der Waals surface area contributed by atoms with Crippen molar-refractivity contribution in [2.45, 2.75) is 13.3 Å². The molecule has 11 heteroatoms. The van der Waals surface area contributed by atoms with Gasteiger partial charge >= 0.3 is 0 Å². The van der Waals surface area contributed by atoms with E-state index in [-0.39, 0.29) is 18.4 Å². The van der Waals surface area contributed by atoms with Crippen LogP contribution in [0.1, 0.15) is 19.2 Å². The lowest BCUT2D eigenvalue weighted by Crippen LogP contribution is -2.37. The summed E-state index contributed by atoms with van der Waals surface area (Å²) in [7, 11) is 0. The number of amides is 1. The first-order valence-electron chi connectivity index (χ1n) is 12.1. The second-order valence-corrected chi connectivity index (χ2v) is 8.51. The molecule has 1 aliphatic heterocycles. The van der Waals surface area contributed by atoms with Gasteiger partial charge in [0.15, 0.2) is 5.82 Å². The van der Waals surface area contributed by atoms with Crippen LogP contribution in [-0.4, -0.2) is 64.8 Å². The number of alkyl halides is 2. The topological polar surface area (TPSA) is 97.2 Å². The van der Waals surface area contributed by atoms with Crippen molar-refractivity contribution in [3.63, 3.8) is 0 Å². The van der Waals surface area contributed by atoms with Crippen LogP contribution in [-0.2, 0) is 9.53 Å². The van der Waals surface area contributed by atoms with Crippen molar-refractivity contribution in [3.8, 4) is 17.2 Å². The summed E-state index contributed by atoms with van der Waals surface area (Å²) in [6, 6.07) is 16.0. The number of anilines is 2. The number of carbonyl (C=O) groups is 1. The van der Waals surface area contributed by atoms with Gasteiger partial charge in [0.2, 0.25) is 11.9 Å². The average molecular weight is 508 g/mol. The molecule has 0 radical (unpaired) electrons. The van der Waals surface area contributed by atoms with E-state index in [2.05, 4.69) is 30.5 Å². The SMILES string of the molecule is CCNCC(=O)Nc1ccc(-c2cc(N3CCOCC3)nc(-n3c(C(F)F)nc4ccccc43)n2)cc1. The van der Waals surface area contributed by atoms with E-state index in [1.165, 1.54) is 4.57 Å². The highest BCUT2D eigenvalue weighted by atomic mass is 19.3. The number of halogens is 2. The molecule has 5 rings (SSSR count). The average Bonchev–Trinajstić information content (AvgIpc) is 3.33. The fourth-order valence-corrected chi connectivity index (χ4v) is 4.19. The van der Waals surface area contributed by atoms with Crippen LogP contribution in [0.2, 0.25) is 0 Å². The maximum Gasteiger partial charge on any atom is 0.296 e. The number of fused-ring (bicyclic) bond motifs is 1. The number of hydrogen-bond acceptors (Lipinski definition) is 7. The third kappa shape index (κ3) is 5.42. The molecule has 1 aliphatic rings. The molecule has 1 fully saturated rings. The number of likely N-dealkylation sites (N-methyl/N-ethyl adjacent to an activating group) is 1. The van der Waals surface area contributed by atoms with E-state index in [9.17, 15) is 13.6 Å². The van der Waals surface area contributed by atoms with Gasteiger partial charge in [0.1, 0.15) is 5.82 Å². The predicted molar refractivity (Wildman–Crippen MR) is 137 cm³/mol. The van der Waals surface area contributed by atoms with Crippen molar-refractivity contribution in [2.75, 3.05) is 49.6 Å². The summed E-state index contributed by atoms with van der Waals surface area (Å²) in [6.45, 7) is 5.20. The van der Waals surface area contributed by atoms with E-state index < -0.39 is 12.2 Å². The Hall–Kier alpha value is -3.96. The first kappa shape index (κ1) is 24.7. The Labute approximate surface area is 212 Å². The molecule has 37 heavy (non-hydrogen) atoms. The molecular formula is C26H27F2N7O2. The summed E-state index contributed by atoms with van der Waals surface area (Å²) >= 11 is 0. The van der Waals surface area contributed by atoms with Crippen LogP contribution in [0.5, 0.6) is 0 Å². The molecule has 2 aromatic heterocycles. The van der Waals surface area contributed by atoms with Crippen molar-refractivity contribution >= 4 is 28.4 Å². The van der Waals surface area contributed by atoms with Crippen LogP contribution in [0.3, 0.4) is 0 Å². The molecule has 0 bridgehead atoms. The standard InChI is InChI=1S/C26H27F2N7O2/c1-2-29-16-23(36)30-18-9-7-17(8-10-18)20-15-22(34-11-13-37-14-12-34)33-26(32-20)35-21-6-4-3-5-19(21)31-25(35)24(27)28/h3-10,15,24,29H,2,11-14,16H2,1H3,(H,30,36). The number of aromatic nitrogens is 4. The zero-order chi connectivity index (χ0) is 25.8. The molecule has 2 N–H and O–H groups in total. The number of ether oxygens (including phenoxy) is 1. The maximum atomic E-state index is 14.1. The van der Waals surface area contributed by atoms with Gasteiger partial charge in [-0.3, -0.25) is 9.36 Å². The van der Waals surface area contributed by atoms with Crippen LogP contribution in [0.25, 0.3) is 28.2 Å². The van der Waals surface area contributed by atoms with E-state index >= 15 is 0 Å². The summed E-state index contributed by atoms with van der Waals surface area (Å²) in [4.78, 5) is 27.6. The Kier molecular flexibility index (Phi) is 7.33. The first-order valence-corrected chi connectivity index (χ1v) is 12.1. The van der Waals surface area contributed by atoms with E-state index in [0.717, 1.165) is 5.56 Å². The fourth-order valence-electron chi connectivity index (χ4n) is 4.19. The third-order valence-electron chi connectivity index (χ3n) is 6.02. The van der Waals surface area contributed by atoms with Gasteiger partial charge in [-0.1, -0.05) is 31.2 Å². The molecule has 0 saturated carbocycles. The van der Waals surface area contributed by atoms with E-state index in [0.29, 0.717) is 61.1 Å². The molecule has 2 aromatic carbocycles. The van der Waals surface area contributed by atoms with E-state index in [4.69, 9.17) is 4.74 Å². The lowest BCUT2D eigenvalue weighted by molar-refractivity contribution is -0.115. The molecule has 9 nitrogen and oxygen atoms in total. The molecule has 0 unspecified atom stereocenters. The van der Waals surface area contributed by atoms with Gasteiger partial charge in [-0.15, -0.1) is 0 Å². The highest BCUT2D eigenvalue weighted by Gasteiger charge is 2.24. The number of morpholine rings is 1. The third-order valence-corrected chi connectivity index (χ3v) is 6.02. The van der Waals surface area contributed by atoms with Gasteiger partial charge in [0, 0.05) is 30.4 Å². The van der Waals surface area contributed by atoms with E-state index in [1.807, 2.05) is 25.1 Å². The Balaban J connectivity index is 1.57. The molecule has 1 saturated heterocycles. The Bertz CT molecular complexity index is 1390. The smallest absolute Gasteiger partial charge is 0.296 e. The minimum absolute atomic E-state index is 0.117. The van der Waals surface area contributed by atoms with Crippen molar-refractivity contribution in [1.82, 2.24) is 24.8 Å². The number of nitrogens with zero attached hydrogens (tertiary/aromatic N) is 5. The molecule has 3 heterocycles. The van der Waals surface area contributed by atoms with E-state index in [1.54, 1.807) is 36.4 Å². The number of para-hydroxylation sites is 2. The molecule has 0 spiro atoms. The summed E-state index contributed by atoms with van der Waals surface area (Å²) in [5.74, 6) is 0.181. The normalized spacial score (nSPS) is 13.9. The minimum Gasteiger partial charge on any atom is -0.378 e. The van der Waals surface area contributed by atoms with Gasteiger partial charge < -0.3 is 20.3 Å². The van der Waals surface area contributed by atoms with Gasteiger partial charge in [0.25, 0.3) is 6.43 Å². The monoisotopic (exact) mass is 507 g/mol. The molecule has 192 valence electrons. The lowest BCUT2D eigenvalue weighted by atomic mass is 10.1. The summed E-state index contributed by atoms with van der Waals surface area (Å²) in [5.41, 5.74) is 2.91. The summed E-state index contributed by atoms with van der Waals surface area (Å²) in [5, 5.41) is 5.82. The summed E-state index contributed by atoms with van der Waals surface area (Å²) in [6.07, 6.45) is -2.81. The second-order valence-electron chi connectivity index (χ2n) is 8.51. The molecule has 0 aliphatic carbocycles. The van der Waals surface area contributed by atoms with Crippen LogP contribution in [0.15, 0.2) is 54.6 Å². The highest BCUT2D eigenvalue weighted by Crippen LogP contribution is 2.30. The van der Waals surface area contributed by atoms with Crippen molar-refractivity contribution in [3.05, 3.63) is 60.4 Å². The second kappa shape index (κ2) is 11.0. The first-order chi connectivity index (χ1) is 18.0. The summed E-state index contributed by atoms with van der Waals surface area (Å²) < 4.78 is 34.9. The zero-order valence-electron chi connectivity index (χ0n) is 20.3.